The summed E-state index contributed by atoms with van der Waals surface area (Å²) >= 11 is 0. The number of hydrogen-bond donors (Lipinski definition) is 3. The molecule has 0 spiro atoms. The minimum Gasteiger partial charge on any atom is -0.375 e. The molecule has 130 valence electrons. The van der Waals surface area contributed by atoms with Crippen molar-refractivity contribution in [1.82, 2.24) is 10.0 Å². The predicted molar refractivity (Wildman–Crippen MR) is 90.5 cm³/mol. The maximum Gasteiger partial charge on any atom is 0.240 e. The van der Waals surface area contributed by atoms with Crippen LogP contribution in [0.3, 0.4) is 0 Å². The Morgan fingerprint density at radius 1 is 1.43 bits per heavy atom. The van der Waals surface area contributed by atoms with E-state index in [0.29, 0.717) is 24.4 Å². The maximum absolute atomic E-state index is 12.0. The molecule has 1 aromatic carbocycles. The average Bonchev–Trinajstić information content (AvgIpc) is 2.50. The van der Waals surface area contributed by atoms with Gasteiger partial charge in [-0.15, -0.1) is 12.4 Å². The zero-order chi connectivity index (χ0) is 16.2. The van der Waals surface area contributed by atoms with Gasteiger partial charge in [-0.05, 0) is 31.7 Å². The number of hydrogen-bond acceptors (Lipinski definition) is 5. The molecule has 3 N–H and O–H groups in total. The number of carbonyl (C=O) groups excluding carboxylic acids is 1. The van der Waals surface area contributed by atoms with Crippen molar-refractivity contribution in [3.05, 3.63) is 23.8 Å². The number of ether oxygens (including phenoxy) is 1. The van der Waals surface area contributed by atoms with Crippen LogP contribution in [0.15, 0.2) is 23.1 Å². The topological polar surface area (TPSA) is 96.5 Å². The first-order valence-electron chi connectivity index (χ1n) is 7.09. The van der Waals surface area contributed by atoms with Crippen LogP contribution in [0.25, 0.3) is 0 Å². The molecule has 1 aliphatic heterocycles. The van der Waals surface area contributed by atoms with Crippen LogP contribution in [0.2, 0.25) is 0 Å². The number of rotatable bonds is 5. The van der Waals surface area contributed by atoms with E-state index in [-0.39, 0.29) is 35.7 Å². The van der Waals surface area contributed by atoms with Crippen LogP contribution < -0.4 is 15.4 Å². The number of halogens is 1. The summed E-state index contributed by atoms with van der Waals surface area (Å²) in [5, 5.41) is 5.87. The Bertz CT molecular complexity index is 645. The van der Waals surface area contributed by atoms with E-state index in [4.69, 9.17) is 4.74 Å². The second kappa shape index (κ2) is 8.60. The largest absolute Gasteiger partial charge is 0.375 e. The van der Waals surface area contributed by atoms with E-state index in [0.717, 1.165) is 6.54 Å². The van der Waals surface area contributed by atoms with Gasteiger partial charge in [-0.2, -0.15) is 0 Å². The van der Waals surface area contributed by atoms with Crippen LogP contribution in [-0.2, 0) is 19.6 Å². The molecule has 1 amide bonds. The molecule has 0 saturated carbocycles. The van der Waals surface area contributed by atoms with Crippen molar-refractivity contribution in [3.63, 3.8) is 0 Å². The van der Waals surface area contributed by atoms with E-state index in [9.17, 15) is 13.2 Å². The minimum atomic E-state index is -3.55. The standard InChI is InChI=1S/C14H21N3O4S.ClH/c1-10-3-4-11(7-13(10)22(19,20)15-2)17-14(18)8-12-9-16-5-6-21-12;/h3-4,7,12,15-16H,5-6,8-9H2,1-2H3,(H,17,18);1H. The van der Waals surface area contributed by atoms with E-state index >= 15 is 0 Å². The van der Waals surface area contributed by atoms with Gasteiger partial charge in [-0.25, -0.2) is 13.1 Å². The maximum atomic E-state index is 12.0. The molecule has 1 atom stereocenters. The Hall–Kier alpha value is -1.19. The highest BCUT2D eigenvalue weighted by atomic mass is 35.5. The number of amides is 1. The number of nitrogens with one attached hydrogen (secondary N) is 3. The molecule has 2 rings (SSSR count). The number of sulfonamides is 1. The molecular formula is C14H22ClN3O4S. The van der Waals surface area contributed by atoms with Gasteiger partial charge in [-0.3, -0.25) is 4.79 Å². The van der Waals surface area contributed by atoms with Crippen molar-refractivity contribution in [2.24, 2.45) is 0 Å². The van der Waals surface area contributed by atoms with Gasteiger partial charge in [0.05, 0.1) is 24.0 Å². The zero-order valence-electron chi connectivity index (χ0n) is 13.1. The molecular weight excluding hydrogens is 342 g/mol. The molecule has 9 heteroatoms. The number of aryl methyl sites for hydroxylation is 1. The predicted octanol–water partition coefficient (Wildman–Crippen LogP) is 0.642. The van der Waals surface area contributed by atoms with Crippen molar-refractivity contribution < 1.29 is 17.9 Å². The third kappa shape index (κ3) is 5.43. The van der Waals surface area contributed by atoms with E-state index < -0.39 is 10.0 Å². The summed E-state index contributed by atoms with van der Waals surface area (Å²) in [6.45, 7) is 3.73. The molecule has 0 radical (unpaired) electrons. The quantitative estimate of drug-likeness (QED) is 0.713. The van der Waals surface area contributed by atoms with Gasteiger partial charge < -0.3 is 15.4 Å². The zero-order valence-corrected chi connectivity index (χ0v) is 14.7. The summed E-state index contributed by atoms with van der Waals surface area (Å²) in [7, 11) is -2.20. The fourth-order valence-corrected chi connectivity index (χ4v) is 3.24. The highest BCUT2D eigenvalue weighted by molar-refractivity contribution is 7.89. The Labute approximate surface area is 142 Å². The molecule has 1 aliphatic rings. The number of carbonyl (C=O) groups is 1. The van der Waals surface area contributed by atoms with Crippen molar-refractivity contribution in [2.75, 3.05) is 32.1 Å². The van der Waals surface area contributed by atoms with Crippen molar-refractivity contribution in [2.45, 2.75) is 24.3 Å². The first-order valence-corrected chi connectivity index (χ1v) is 8.57. The Kier molecular flexibility index (Phi) is 7.43. The Balaban J connectivity index is 0.00000264. The van der Waals surface area contributed by atoms with Gasteiger partial charge in [-0.1, -0.05) is 6.07 Å². The van der Waals surface area contributed by atoms with Gasteiger partial charge in [0.25, 0.3) is 0 Å². The Morgan fingerprint density at radius 2 is 2.17 bits per heavy atom. The van der Waals surface area contributed by atoms with Gasteiger partial charge in [0.1, 0.15) is 0 Å². The summed E-state index contributed by atoms with van der Waals surface area (Å²) in [4.78, 5) is 12.2. The van der Waals surface area contributed by atoms with Crippen LogP contribution >= 0.6 is 12.4 Å². The van der Waals surface area contributed by atoms with E-state index in [1.165, 1.54) is 13.1 Å². The third-order valence-electron chi connectivity index (χ3n) is 3.45. The molecule has 0 aromatic heterocycles. The highest BCUT2D eigenvalue weighted by Crippen LogP contribution is 2.20. The summed E-state index contributed by atoms with van der Waals surface area (Å²) in [6, 6.07) is 4.80. The molecule has 23 heavy (non-hydrogen) atoms. The van der Waals surface area contributed by atoms with Crippen molar-refractivity contribution in [1.29, 1.82) is 0 Å². The molecule has 1 heterocycles. The first kappa shape index (κ1) is 19.9. The van der Waals surface area contributed by atoms with E-state index in [1.54, 1.807) is 19.1 Å². The SMILES string of the molecule is CNS(=O)(=O)c1cc(NC(=O)CC2CNCCO2)ccc1C.Cl. The number of morpholine rings is 1. The highest BCUT2D eigenvalue weighted by Gasteiger charge is 2.19. The molecule has 1 fully saturated rings. The third-order valence-corrected chi connectivity index (χ3v) is 5.00. The lowest BCUT2D eigenvalue weighted by Crippen LogP contribution is -2.40. The second-order valence-corrected chi connectivity index (χ2v) is 6.99. The van der Waals surface area contributed by atoms with Gasteiger partial charge >= 0.3 is 0 Å². The average molecular weight is 364 g/mol. The van der Waals surface area contributed by atoms with Crippen LogP contribution in [0.5, 0.6) is 0 Å². The second-order valence-electron chi connectivity index (χ2n) is 5.14. The lowest BCUT2D eigenvalue weighted by atomic mass is 10.2. The summed E-state index contributed by atoms with van der Waals surface area (Å²) in [5.41, 5.74) is 1.07. The molecule has 1 saturated heterocycles. The fraction of sp³-hybridized carbons (Fsp3) is 0.500. The molecule has 0 bridgehead atoms. The lowest BCUT2D eigenvalue weighted by molar-refractivity contribution is -0.119. The first-order chi connectivity index (χ1) is 10.4. The van der Waals surface area contributed by atoms with Gasteiger partial charge in [0.15, 0.2) is 0 Å². The number of benzene rings is 1. The van der Waals surface area contributed by atoms with Crippen LogP contribution in [0.1, 0.15) is 12.0 Å². The van der Waals surface area contributed by atoms with E-state index in [1.807, 2.05) is 0 Å². The van der Waals surface area contributed by atoms with Crippen LogP contribution in [0, 0.1) is 6.92 Å². The fourth-order valence-electron chi connectivity index (χ4n) is 2.25. The molecule has 7 nitrogen and oxygen atoms in total. The minimum absolute atomic E-state index is 0. The van der Waals surface area contributed by atoms with Gasteiger partial charge in [0.2, 0.25) is 15.9 Å². The lowest BCUT2D eigenvalue weighted by Gasteiger charge is -2.23. The molecule has 1 aromatic rings. The normalized spacial score (nSPS) is 18.1. The smallest absolute Gasteiger partial charge is 0.240 e. The number of anilines is 1. The summed E-state index contributed by atoms with van der Waals surface area (Å²) in [5.74, 6) is -0.203. The molecule has 1 unspecified atom stereocenters. The summed E-state index contributed by atoms with van der Waals surface area (Å²) < 4.78 is 31.6. The summed E-state index contributed by atoms with van der Waals surface area (Å²) in [6.07, 6.45) is 0.0781. The van der Waals surface area contributed by atoms with Crippen molar-refractivity contribution in [3.8, 4) is 0 Å². The van der Waals surface area contributed by atoms with Crippen LogP contribution in [-0.4, -0.2) is 47.2 Å². The Morgan fingerprint density at radius 3 is 2.78 bits per heavy atom. The van der Waals surface area contributed by atoms with E-state index in [2.05, 4.69) is 15.4 Å². The van der Waals surface area contributed by atoms with Gasteiger partial charge in [0, 0.05) is 18.8 Å². The monoisotopic (exact) mass is 363 g/mol. The van der Waals surface area contributed by atoms with Crippen LogP contribution in [0.4, 0.5) is 5.69 Å². The van der Waals surface area contributed by atoms with Crippen molar-refractivity contribution >= 4 is 34.0 Å². The molecule has 0 aliphatic carbocycles.